The van der Waals surface area contributed by atoms with E-state index in [2.05, 4.69) is 55.2 Å². The SMILES string of the molecule is CCN(C(=O)c1cccs1)c1nnc(-c2ccc(C(C)(C)C)cc2)s1. The fourth-order valence-electron chi connectivity index (χ4n) is 2.45. The third-order valence-corrected chi connectivity index (χ3v) is 5.79. The summed E-state index contributed by atoms with van der Waals surface area (Å²) in [4.78, 5) is 15.0. The topological polar surface area (TPSA) is 46.1 Å². The maximum atomic E-state index is 12.6. The molecule has 6 heteroatoms. The van der Waals surface area contributed by atoms with E-state index in [0.29, 0.717) is 16.6 Å². The molecule has 25 heavy (non-hydrogen) atoms. The van der Waals surface area contributed by atoms with Crippen molar-refractivity contribution in [3.05, 3.63) is 52.2 Å². The van der Waals surface area contributed by atoms with Crippen LogP contribution in [0.25, 0.3) is 10.6 Å². The second-order valence-electron chi connectivity index (χ2n) is 6.74. The Labute approximate surface area is 156 Å². The van der Waals surface area contributed by atoms with Crippen molar-refractivity contribution in [3.63, 3.8) is 0 Å². The number of carbonyl (C=O) groups excluding carboxylic acids is 1. The van der Waals surface area contributed by atoms with Crippen molar-refractivity contribution >= 4 is 33.7 Å². The molecule has 3 aromatic rings. The van der Waals surface area contributed by atoms with Crippen molar-refractivity contribution in [3.8, 4) is 10.6 Å². The maximum absolute atomic E-state index is 12.6. The van der Waals surface area contributed by atoms with Crippen LogP contribution in [0.3, 0.4) is 0 Å². The minimum Gasteiger partial charge on any atom is -0.282 e. The van der Waals surface area contributed by atoms with E-state index in [4.69, 9.17) is 0 Å². The van der Waals surface area contributed by atoms with E-state index < -0.39 is 0 Å². The molecule has 0 unspecified atom stereocenters. The summed E-state index contributed by atoms with van der Waals surface area (Å²) in [5.74, 6) is -0.0247. The lowest BCUT2D eigenvalue weighted by Gasteiger charge is -2.18. The molecule has 4 nitrogen and oxygen atoms in total. The summed E-state index contributed by atoms with van der Waals surface area (Å²) in [5.41, 5.74) is 2.43. The Hall–Kier alpha value is -2.05. The smallest absolute Gasteiger partial charge is 0.270 e. The van der Waals surface area contributed by atoms with Crippen molar-refractivity contribution in [1.82, 2.24) is 10.2 Å². The summed E-state index contributed by atoms with van der Waals surface area (Å²) < 4.78 is 0. The highest BCUT2D eigenvalue weighted by Gasteiger charge is 2.21. The highest BCUT2D eigenvalue weighted by atomic mass is 32.1. The molecule has 2 heterocycles. The van der Waals surface area contributed by atoms with E-state index in [9.17, 15) is 4.79 Å². The van der Waals surface area contributed by atoms with Gasteiger partial charge in [-0.25, -0.2) is 0 Å². The van der Waals surface area contributed by atoms with Crippen molar-refractivity contribution in [2.24, 2.45) is 0 Å². The Morgan fingerprint density at radius 1 is 1.12 bits per heavy atom. The number of aromatic nitrogens is 2. The number of amides is 1. The van der Waals surface area contributed by atoms with Gasteiger partial charge >= 0.3 is 0 Å². The zero-order valence-electron chi connectivity index (χ0n) is 14.8. The monoisotopic (exact) mass is 371 g/mol. The molecule has 0 radical (unpaired) electrons. The van der Waals surface area contributed by atoms with Crippen LogP contribution in [0, 0.1) is 0 Å². The van der Waals surface area contributed by atoms with Crippen LogP contribution >= 0.6 is 22.7 Å². The number of thiophene rings is 1. The Balaban J connectivity index is 1.85. The predicted octanol–water partition coefficient (Wildman–Crippen LogP) is 5.23. The molecule has 0 spiro atoms. The van der Waals surface area contributed by atoms with Crippen LogP contribution in [0.4, 0.5) is 5.13 Å². The van der Waals surface area contributed by atoms with Crippen LogP contribution in [0.5, 0.6) is 0 Å². The molecule has 0 saturated heterocycles. The van der Waals surface area contributed by atoms with Crippen LogP contribution in [0.15, 0.2) is 41.8 Å². The first kappa shape index (κ1) is 17.8. The van der Waals surface area contributed by atoms with E-state index >= 15 is 0 Å². The molecule has 1 aromatic carbocycles. The molecule has 3 rings (SSSR count). The predicted molar refractivity (Wildman–Crippen MR) is 106 cm³/mol. The summed E-state index contributed by atoms with van der Waals surface area (Å²) in [6.45, 7) is 9.10. The molecule has 1 amide bonds. The van der Waals surface area contributed by atoms with Gasteiger partial charge in [0.2, 0.25) is 5.13 Å². The first-order valence-electron chi connectivity index (χ1n) is 8.20. The lowest BCUT2D eigenvalue weighted by molar-refractivity contribution is 0.0992. The molecule has 0 fully saturated rings. The third-order valence-electron chi connectivity index (χ3n) is 3.94. The van der Waals surface area contributed by atoms with Gasteiger partial charge in [0.05, 0.1) is 4.88 Å². The maximum Gasteiger partial charge on any atom is 0.270 e. The van der Waals surface area contributed by atoms with Gasteiger partial charge in [0, 0.05) is 12.1 Å². The number of rotatable bonds is 4. The van der Waals surface area contributed by atoms with E-state index in [-0.39, 0.29) is 11.3 Å². The number of hydrogen-bond acceptors (Lipinski definition) is 5. The molecule has 0 aliphatic heterocycles. The Kier molecular flexibility index (Phi) is 5.01. The number of carbonyl (C=O) groups is 1. The van der Waals surface area contributed by atoms with Crippen LogP contribution in [-0.4, -0.2) is 22.6 Å². The minimum absolute atomic E-state index is 0.0247. The van der Waals surface area contributed by atoms with Gasteiger partial charge in [0.25, 0.3) is 5.91 Å². The molecular formula is C19H21N3OS2. The standard InChI is InChI=1S/C19H21N3OS2/c1-5-22(17(23)15-7-6-12-24-15)18-21-20-16(25-18)13-8-10-14(11-9-13)19(2,3)4/h6-12H,5H2,1-4H3. The van der Waals surface area contributed by atoms with Gasteiger partial charge in [-0.3, -0.25) is 9.69 Å². The summed E-state index contributed by atoms with van der Waals surface area (Å²) in [5, 5.41) is 11.9. The first-order chi connectivity index (χ1) is 11.9. The summed E-state index contributed by atoms with van der Waals surface area (Å²) in [6.07, 6.45) is 0. The second kappa shape index (κ2) is 7.06. The number of hydrogen-bond donors (Lipinski definition) is 0. The highest BCUT2D eigenvalue weighted by Crippen LogP contribution is 2.31. The molecule has 0 aliphatic carbocycles. The van der Waals surface area contributed by atoms with Gasteiger partial charge in [0.15, 0.2) is 0 Å². The summed E-state index contributed by atoms with van der Waals surface area (Å²) in [6, 6.07) is 12.1. The Morgan fingerprint density at radius 2 is 1.84 bits per heavy atom. The van der Waals surface area contributed by atoms with Crippen molar-refractivity contribution in [1.29, 1.82) is 0 Å². The number of nitrogens with zero attached hydrogens (tertiary/aromatic N) is 3. The van der Waals surface area contributed by atoms with Crippen molar-refractivity contribution < 1.29 is 4.79 Å². The number of benzene rings is 1. The third kappa shape index (κ3) is 3.80. The average Bonchev–Trinajstić information content (AvgIpc) is 3.27. The van der Waals surface area contributed by atoms with E-state index in [1.54, 1.807) is 4.90 Å². The van der Waals surface area contributed by atoms with E-state index in [0.717, 1.165) is 10.6 Å². The average molecular weight is 372 g/mol. The van der Waals surface area contributed by atoms with Gasteiger partial charge in [-0.15, -0.1) is 21.5 Å². The van der Waals surface area contributed by atoms with Gasteiger partial charge in [-0.05, 0) is 29.3 Å². The fourth-order valence-corrected chi connectivity index (χ4v) is 4.04. The number of anilines is 1. The van der Waals surface area contributed by atoms with Crippen molar-refractivity contribution in [2.45, 2.75) is 33.1 Å². The molecule has 0 atom stereocenters. The van der Waals surface area contributed by atoms with Crippen LogP contribution in [0.1, 0.15) is 42.9 Å². The van der Waals surface area contributed by atoms with Crippen LogP contribution < -0.4 is 4.90 Å². The summed E-state index contributed by atoms with van der Waals surface area (Å²) in [7, 11) is 0. The van der Waals surface area contributed by atoms with E-state index in [1.165, 1.54) is 28.2 Å². The highest BCUT2D eigenvalue weighted by molar-refractivity contribution is 7.18. The fraction of sp³-hybridized carbons (Fsp3) is 0.316. The van der Waals surface area contributed by atoms with Gasteiger partial charge in [-0.2, -0.15) is 0 Å². The van der Waals surface area contributed by atoms with Crippen LogP contribution in [0.2, 0.25) is 0 Å². The summed E-state index contributed by atoms with van der Waals surface area (Å²) >= 11 is 2.89. The minimum atomic E-state index is -0.0247. The Morgan fingerprint density at radius 3 is 2.40 bits per heavy atom. The molecule has 2 aromatic heterocycles. The van der Waals surface area contributed by atoms with Gasteiger partial charge < -0.3 is 0 Å². The lowest BCUT2D eigenvalue weighted by Crippen LogP contribution is -2.29. The van der Waals surface area contributed by atoms with E-state index in [1.807, 2.05) is 24.4 Å². The quantitative estimate of drug-likeness (QED) is 0.631. The molecule has 0 bridgehead atoms. The molecular weight excluding hydrogens is 350 g/mol. The first-order valence-corrected chi connectivity index (χ1v) is 9.89. The molecule has 0 saturated carbocycles. The normalized spacial score (nSPS) is 11.5. The molecule has 0 N–H and O–H groups in total. The van der Waals surface area contributed by atoms with Gasteiger partial charge in [0.1, 0.15) is 5.01 Å². The van der Waals surface area contributed by atoms with Crippen molar-refractivity contribution in [2.75, 3.05) is 11.4 Å². The Bertz CT molecular complexity index is 846. The van der Waals surface area contributed by atoms with Gasteiger partial charge in [-0.1, -0.05) is 62.4 Å². The van der Waals surface area contributed by atoms with Crippen LogP contribution in [-0.2, 0) is 5.41 Å². The molecule has 130 valence electrons. The molecule has 0 aliphatic rings. The largest absolute Gasteiger partial charge is 0.282 e. The zero-order chi connectivity index (χ0) is 18.0. The zero-order valence-corrected chi connectivity index (χ0v) is 16.4. The lowest BCUT2D eigenvalue weighted by atomic mass is 9.87. The second-order valence-corrected chi connectivity index (χ2v) is 8.65.